The van der Waals surface area contributed by atoms with Gasteiger partial charge < -0.3 is 10.3 Å². The van der Waals surface area contributed by atoms with Crippen LogP contribution in [0.1, 0.15) is 49.6 Å². The smallest absolute Gasteiger partial charge is 0.217 e. The zero-order valence-corrected chi connectivity index (χ0v) is 9.78. The zero-order valence-electron chi connectivity index (χ0n) is 9.78. The lowest BCUT2D eigenvalue weighted by Crippen LogP contribution is -2.50. The van der Waals surface area contributed by atoms with Crippen LogP contribution in [0.2, 0.25) is 0 Å². The van der Waals surface area contributed by atoms with Gasteiger partial charge in [-0.2, -0.15) is 0 Å². The van der Waals surface area contributed by atoms with Crippen molar-refractivity contribution < 1.29 is 4.79 Å². The monoisotopic (exact) mass is 221 g/mol. The number of nitrogens with zero attached hydrogens (tertiary/aromatic N) is 2. The van der Waals surface area contributed by atoms with Crippen LogP contribution in [0.5, 0.6) is 0 Å². The van der Waals surface area contributed by atoms with Crippen LogP contribution < -0.4 is 5.73 Å². The van der Waals surface area contributed by atoms with Gasteiger partial charge in [-0.15, -0.1) is 0 Å². The lowest BCUT2D eigenvalue weighted by Gasteiger charge is -2.31. The predicted octanol–water partition coefficient (Wildman–Crippen LogP) is 1.75. The molecule has 0 saturated heterocycles. The van der Waals surface area contributed by atoms with Crippen molar-refractivity contribution in [3.63, 3.8) is 0 Å². The van der Waals surface area contributed by atoms with E-state index in [1.807, 2.05) is 17.7 Å². The molecule has 16 heavy (non-hydrogen) atoms. The van der Waals surface area contributed by atoms with E-state index in [0.29, 0.717) is 5.82 Å². The second kappa shape index (κ2) is 4.37. The Morgan fingerprint density at radius 3 is 2.81 bits per heavy atom. The van der Waals surface area contributed by atoms with Crippen molar-refractivity contribution in [2.75, 3.05) is 0 Å². The molecule has 4 nitrogen and oxygen atoms in total. The number of nitrogens with two attached hydrogens (primary N) is 1. The molecule has 1 fully saturated rings. The Labute approximate surface area is 95.9 Å². The van der Waals surface area contributed by atoms with E-state index in [0.717, 1.165) is 32.2 Å². The van der Waals surface area contributed by atoms with E-state index in [4.69, 9.17) is 5.73 Å². The van der Waals surface area contributed by atoms with Gasteiger partial charge in [0.1, 0.15) is 0 Å². The van der Waals surface area contributed by atoms with Gasteiger partial charge in [0.15, 0.2) is 5.82 Å². The van der Waals surface area contributed by atoms with Crippen LogP contribution in [0.3, 0.4) is 0 Å². The van der Waals surface area contributed by atoms with Crippen LogP contribution in [0.25, 0.3) is 0 Å². The molecule has 1 aliphatic carbocycles. The molecule has 1 aliphatic rings. The maximum Gasteiger partial charge on any atom is 0.217 e. The van der Waals surface area contributed by atoms with E-state index in [9.17, 15) is 4.79 Å². The van der Waals surface area contributed by atoms with Crippen molar-refractivity contribution in [3.05, 3.63) is 18.2 Å². The number of carbonyl (C=O) groups excluding carboxylic acids is 1. The Hall–Kier alpha value is -1.16. The molecule has 1 aromatic rings. The van der Waals surface area contributed by atoms with Crippen molar-refractivity contribution in [2.24, 2.45) is 5.73 Å². The lowest BCUT2D eigenvalue weighted by atomic mass is 9.79. The second-order valence-corrected chi connectivity index (χ2v) is 4.58. The van der Waals surface area contributed by atoms with Crippen LogP contribution >= 0.6 is 0 Å². The highest BCUT2D eigenvalue weighted by atomic mass is 16.1. The number of Topliss-reactive ketones (excluding diaryl/α,β-unsaturated/α-hetero) is 1. The summed E-state index contributed by atoms with van der Waals surface area (Å²) in [4.78, 5) is 16.5. The fourth-order valence-corrected chi connectivity index (χ4v) is 2.41. The Balaban J connectivity index is 2.24. The Bertz CT molecular complexity index is 377. The van der Waals surface area contributed by atoms with Gasteiger partial charge in [0, 0.05) is 18.9 Å². The molecule has 2 N–H and O–H groups in total. The summed E-state index contributed by atoms with van der Waals surface area (Å²) in [6, 6.07) is 0. The minimum atomic E-state index is -0.670. The third-order valence-corrected chi connectivity index (χ3v) is 3.46. The van der Waals surface area contributed by atoms with E-state index < -0.39 is 5.54 Å². The van der Waals surface area contributed by atoms with Gasteiger partial charge in [-0.05, 0) is 19.8 Å². The minimum absolute atomic E-state index is 0.0130. The summed E-state index contributed by atoms with van der Waals surface area (Å²) in [7, 11) is 0. The average molecular weight is 221 g/mol. The number of aryl methyl sites for hydroxylation is 1. The quantitative estimate of drug-likeness (QED) is 0.791. The highest BCUT2D eigenvalue weighted by molar-refractivity contribution is 6.00. The van der Waals surface area contributed by atoms with Crippen LogP contribution in [-0.4, -0.2) is 20.9 Å². The minimum Gasteiger partial charge on any atom is -0.329 e. The van der Waals surface area contributed by atoms with Crippen molar-refractivity contribution in [2.45, 2.75) is 51.1 Å². The highest BCUT2D eigenvalue weighted by Crippen LogP contribution is 2.28. The fraction of sp³-hybridized carbons (Fsp3) is 0.667. The molecular formula is C12H19N3O. The molecule has 4 heteroatoms. The van der Waals surface area contributed by atoms with Crippen LogP contribution in [-0.2, 0) is 6.54 Å². The summed E-state index contributed by atoms with van der Waals surface area (Å²) < 4.78 is 1.87. The van der Waals surface area contributed by atoms with E-state index >= 15 is 0 Å². The van der Waals surface area contributed by atoms with Crippen LogP contribution in [0, 0.1) is 0 Å². The molecule has 0 spiro atoms. The summed E-state index contributed by atoms with van der Waals surface area (Å²) in [6.45, 7) is 2.76. The Kier molecular flexibility index (Phi) is 3.10. The first-order valence-electron chi connectivity index (χ1n) is 6.02. The Morgan fingerprint density at radius 1 is 1.50 bits per heavy atom. The van der Waals surface area contributed by atoms with E-state index in [1.54, 1.807) is 6.20 Å². The number of rotatable bonds is 3. The highest BCUT2D eigenvalue weighted by Gasteiger charge is 2.37. The van der Waals surface area contributed by atoms with E-state index in [1.165, 1.54) is 6.42 Å². The molecule has 0 radical (unpaired) electrons. The summed E-state index contributed by atoms with van der Waals surface area (Å²) in [5.74, 6) is 0.533. The molecule has 1 aromatic heterocycles. The number of ketones is 1. The number of hydrogen-bond acceptors (Lipinski definition) is 3. The van der Waals surface area contributed by atoms with Crippen LogP contribution in [0.15, 0.2) is 12.4 Å². The van der Waals surface area contributed by atoms with Crippen molar-refractivity contribution >= 4 is 5.78 Å². The van der Waals surface area contributed by atoms with Gasteiger partial charge in [-0.25, -0.2) is 4.98 Å². The van der Waals surface area contributed by atoms with Crippen molar-refractivity contribution in [1.82, 2.24) is 9.55 Å². The molecule has 0 bridgehead atoms. The largest absolute Gasteiger partial charge is 0.329 e. The average Bonchev–Trinajstić information content (AvgIpc) is 2.77. The van der Waals surface area contributed by atoms with E-state index in [2.05, 4.69) is 4.98 Å². The number of hydrogen-bond donors (Lipinski definition) is 1. The summed E-state index contributed by atoms with van der Waals surface area (Å²) >= 11 is 0. The van der Waals surface area contributed by atoms with Gasteiger partial charge in [0.25, 0.3) is 0 Å². The molecule has 0 amide bonds. The first kappa shape index (κ1) is 11.3. The molecule has 1 saturated carbocycles. The molecular weight excluding hydrogens is 202 g/mol. The van der Waals surface area contributed by atoms with Gasteiger partial charge in [-0.1, -0.05) is 19.3 Å². The van der Waals surface area contributed by atoms with Gasteiger partial charge in [0.05, 0.1) is 5.54 Å². The molecule has 2 rings (SSSR count). The maximum absolute atomic E-state index is 12.4. The predicted molar refractivity (Wildman–Crippen MR) is 62.2 cm³/mol. The van der Waals surface area contributed by atoms with Crippen LogP contribution in [0.4, 0.5) is 0 Å². The molecule has 1 heterocycles. The normalized spacial score (nSPS) is 19.6. The standard InChI is InChI=1S/C12H19N3O/c1-2-15-9-8-14-11(15)10(16)12(13)6-4-3-5-7-12/h8-9H,2-7,13H2,1H3. The number of aromatic nitrogens is 2. The lowest BCUT2D eigenvalue weighted by molar-refractivity contribution is 0.0832. The molecule has 0 aliphatic heterocycles. The first-order valence-corrected chi connectivity index (χ1v) is 6.02. The zero-order chi connectivity index (χ0) is 11.6. The van der Waals surface area contributed by atoms with Crippen molar-refractivity contribution in [3.8, 4) is 0 Å². The topological polar surface area (TPSA) is 60.9 Å². The van der Waals surface area contributed by atoms with Gasteiger partial charge >= 0.3 is 0 Å². The first-order chi connectivity index (χ1) is 7.67. The van der Waals surface area contributed by atoms with Crippen molar-refractivity contribution in [1.29, 1.82) is 0 Å². The number of imidazole rings is 1. The Morgan fingerprint density at radius 2 is 2.19 bits per heavy atom. The summed E-state index contributed by atoms with van der Waals surface area (Å²) in [6.07, 6.45) is 8.38. The molecule has 0 atom stereocenters. The molecule has 88 valence electrons. The van der Waals surface area contributed by atoms with Gasteiger partial charge in [-0.3, -0.25) is 4.79 Å². The van der Waals surface area contributed by atoms with Gasteiger partial charge in [0.2, 0.25) is 5.78 Å². The maximum atomic E-state index is 12.4. The molecule has 0 unspecified atom stereocenters. The number of carbonyl (C=O) groups is 1. The fourth-order valence-electron chi connectivity index (χ4n) is 2.41. The second-order valence-electron chi connectivity index (χ2n) is 4.58. The molecule has 0 aromatic carbocycles. The summed E-state index contributed by atoms with van der Waals surface area (Å²) in [5.41, 5.74) is 5.54. The third kappa shape index (κ3) is 1.89. The SMILES string of the molecule is CCn1ccnc1C(=O)C1(N)CCCCC1. The third-order valence-electron chi connectivity index (χ3n) is 3.46. The van der Waals surface area contributed by atoms with E-state index in [-0.39, 0.29) is 5.78 Å². The summed E-state index contributed by atoms with van der Waals surface area (Å²) in [5, 5.41) is 0.